The average molecular weight is 539 g/mol. The van der Waals surface area contributed by atoms with Gasteiger partial charge in [0.25, 0.3) is 5.89 Å². The van der Waals surface area contributed by atoms with Gasteiger partial charge < -0.3 is 40.2 Å². The second-order valence-electron chi connectivity index (χ2n) is 9.49. The smallest absolute Gasteiger partial charge is 0.335 e. The van der Waals surface area contributed by atoms with Crippen molar-refractivity contribution in [1.29, 1.82) is 0 Å². The van der Waals surface area contributed by atoms with Gasteiger partial charge in [-0.05, 0) is 57.7 Å². The Bertz CT molecular complexity index is 1110. The SMILES string of the molecule is Nc1c(Cl)cc(-c2nnc(C3CCN(C4CCC4)CC3)o2)c2c1CCCO2.O=C(O)[C@H](O)[C@@H](O)C(=O)O. The summed E-state index contributed by atoms with van der Waals surface area (Å²) in [5.41, 5.74) is 8.45. The molecule has 1 aliphatic carbocycles. The van der Waals surface area contributed by atoms with Gasteiger partial charge in [-0.1, -0.05) is 18.0 Å². The molecule has 13 heteroatoms. The third-order valence-electron chi connectivity index (χ3n) is 7.14. The minimum absolute atomic E-state index is 0.337. The number of aliphatic carboxylic acids is 2. The zero-order valence-corrected chi connectivity index (χ0v) is 20.9. The van der Waals surface area contributed by atoms with E-state index in [1.807, 2.05) is 0 Å². The number of aliphatic hydroxyl groups excluding tert-OH is 2. The highest BCUT2D eigenvalue weighted by molar-refractivity contribution is 6.33. The normalized spacial score (nSPS) is 20.0. The number of hydrogen-bond acceptors (Lipinski definition) is 10. The Hall–Kier alpha value is -2.93. The zero-order valence-electron chi connectivity index (χ0n) is 20.2. The lowest BCUT2D eigenvalue weighted by molar-refractivity contribution is -0.165. The molecule has 2 atom stereocenters. The Labute approximate surface area is 218 Å². The van der Waals surface area contributed by atoms with Gasteiger partial charge in [0.1, 0.15) is 5.75 Å². The first-order chi connectivity index (χ1) is 17.7. The maximum Gasteiger partial charge on any atom is 0.335 e. The molecule has 3 aliphatic rings. The number of nitrogens with two attached hydrogens (primary N) is 1. The van der Waals surface area contributed by atoms with Gasteiger partial charge >= 0.3 is 11.9 Å². The number of ether oxygens (including phenoxy) is 1. The van der Waals surface area contributed by atoms with E-state index in [4.69, 9.17) is 46.9 Å². The first kappa shape index (κ1) is 27.1. The Balaban J connectivity index is 0.000000275. The molecule has 2 aromatic rings. The topological polar surface area (TPSA) is 192 Å². The van der Waals surface area contributed by atoms with Crippen LogP contribution in [-0.4, -0.2) is 85.4 Å². The summed E-state index contributed by atoms with van der Waals surface area (Å²) in [6, 6.07) is 2.60. The summed E-state index contributed by atoms with van der Waals surface area (Å²) in [5.74, 6) is -1.24. The molecule has 1 saturated heterocycles. The molecule has 0 spiro atoms. The Morgan fingerprint density at radius 2 is 1.70 bits per heavy atom. The molecule has 1 aromatic heterocycles. The monoisotopic (exact) mass is 538 g/mol. The van der Waals surface area contributed by atoms with E-state index in [0.29, 0.717) is 29.1 Å². The summed E-state index contributed by atoms with van der Waals surface area (Å²) >= 11 is 6.35. The maximum atomic E-state index is 9.77. The molecule has 3 heterocycles. The van der Waals surface area contributed by atoms with Crippen molar-refractivity contribution >= 4 is 29.2 Å². The molecule has 1 saturated carbocycles. The number of aromatic nitrogens is 2. The number of likely N-dealkylation sites (tertiary alicyclic amines) is 1. The summed E-state index contributed by atoms with van der Waals surface area (Å²) in [6.07, 6.45) is 3.52. The van der Waals surface area contributed by atoms with E-state index in [1.165, 1.54) is 19.3 Å². The van der Waals surface area contributed by atoms with E-state index in [2.05, 4.69) is 15.1 Å². The lowest BCUT2D eigenvalue weighted by Crippen LogP contribution is -2.44. The Morgan fingerprint density at radius 3 is 2.27 bits per heavy atom. The fourth-order valence-corrected chi connectivity index (χ4v) is 4.96. The van der Waals surface area contributed by atoms with Crippen molar-refractivity contribution in [2.24, 2.45) is 0 Å². The first-order valence-corrected chi connectivity index (χ1v) is 12.7. The molecular weight excluding hydrogens is 508 g/mol. The summed E-state index contributed by atoms with van der Waals surface area (Å²) < 4.78 is 12.0. The van der Waals surface area contributed by atoms with Crippen LogP contribution >= 0.6 is 11.6 Å². The van der Waals surface area contributed by atoms with Crippen molar-refractivity contribution in [1.82, 2.24) is 15.1 Å². The van der Waals surface area contributed by atoms with E-state index >= 15 is 0 Å². The van der Waals surface area contributed by atoms with Gasteiger partial charge in [-0.15, -0.1) is 10.2 Å². The molecule has 0 unspecified atom stereocenters. The van der Waals surface area contributed by atoms with Gasteiger partial charge in [0.05, 0.1) is 22.9 Å². The fourth-order valence-electron chi connectivity index (χ4n) is 4.74. The van der Waals surface area contributed by atoms with Gasteiger partial charge in [0.2, 0.25) is 5.89 Å². The Kier molecular flexibility index (Phi) is 8.53. The van der Waals surface area contributed by atoms with E-state index in [9.17, 15) is 9.59 Å². The maximum absolute atomic E-state index is 9.77. The molecule has 202 valence electrons. The minimum atomic E-state index is -2.27. The second-order valence-corrected chi connectivity index (χ2v) is 9.89. The summed E-state index contributed by atoms with van der Waals surface area (Å²) in [7, 11) is 0. The van der Waals surface area contributed by atoms with Crippen LogP contribution in [0.15, 0.2) is 10.5 Å². The number of hydrogen-bond donors (Lipinski definition) is 5. The predicted molar refractivity (Wildman–Crippen MR) is 131 cm³/mol. The number of rotatable bonds is 6. The molecule has 0 amide bonds. The molecule has 2 aliphatic heterocycles. The van der Waals surface area contributed by atoms with Gasteiger partial charge in [-0.2, -0.15) is 0 Å². The summed E-state index contributed by atoms with van der Waals surface area (Å²) in [5, 5.41) is 41.7. The van der Waals surface area contributed by atoms with Crippen LogP contribution in [0.3, 0.4) is 0 Å². The van der Waals surface area contributed by atoms with Crippen LogP contribution in [0.25, 0.3) is 11.5 Å². The van der Waals surface area contributed by atoms with Crippen molar-refractivity contribution in [3.8, 4) is 17.2 Å². The number of halogens is 1. The van der Waals surface area contributed by atoms with E-state index in [-0.39, 0.29) is 0 Å². The highest BCUT2D eigenvalue weighted by atomic mass is 35.5. The zero-order chi connectivity index (χ0) is 26.7. The summed E-state index contributed by atoms with van der Waals surface area (Å²) in [6.45, 7) is 2.92. The molecule has 37 heavy (non-hydrogen) atoms. The number of nitrogen functional groups attached to an aromatic ring is 1. The number of carbonyl (C=O) groups is 2. The molecule has 12 nitrogen and oxygen atoms in total. The Morgan fingerprint density at radius 1 is 1.05 bits per heavy atom. The van der Waals surface area contributed by atoms with Crippen LogP contribution in [0.2, 0.25) is 5.02 Å². The van der Waals surface area contributed by atoms with Crippen LogP contribution in [0, 0.1) is 0 Å². The fraction of sp³-hybridized carbons (Fsp3) is 0.583. The van der Waals surface area contributed by atoms with Gasteiger partial charge in [0.15, 0.2) is 12.2 Å². The predicted octanol–water partition coefficient (Wildman–Crippen LogP) is 1.91. The van der Waals surface area contributed by atoms with Gasteiger partial charge in [-0.3, -0.25) is 0 Å². The molecule has 5 rings (SSSR count). The van der Waals surface area contributed by atoms with Gasteiger partial charge in [-0.25, -0.2) is 9.59 Å². The van der Waals surface area contributed by atoms with Gasteiger partial charge in [0, 0.05) is 17.5 Å². The number of fused-ring (bicyclic) bond motifs is 1. The van der Waals surface area contributed by atoms with Crippen LogP contribution in [0.4, 0.5) is 5.69 Å². The van der Waals surface area contributed by atoms with E-state index in [0.717, 1.165) is 67.6 Å². The van der Waals surface area contributed by atoms with E-state index < -0.39 is 24.1 Å². The third-order valence-corrected chi connectivity index (χ3v) is 7.45. The van der Waals surface area contributed by atoms with Crippen LogP contribution in [-0.2, 0) is 16.0 Å². The molecule has 1 aromatic carbocycles. The lowest BCUT2D eigenvalue weighted by Gasteiger charge is -2.41. The number of carboxylic acid groups (broad SMARTS) is 2. The van der Waals surface area contributed by atoms with Crippen LogP contribution < -0.4 is 10.5 Å². The van der Waals surface area contributed by atoms with Crippen molar-refractivity contribution < 1.29 is 39.2 Å². The molecule has 6 N–H and O–H groups in total. The standard InChI is InChI=1S/C20H25ClN4O2.C4H6O6/c21-16-11-15(18-14(17(16)22)5-2-10-26-18)20-24-23-19(27-20)12-6-8-25(9-7-12)13-3-1-4-13;5-1(3(7)8)2(6)4(9)10/h11-13H,1-10,22H2;1-2,5-6H,(H,7,8)(H,9,10)/t;1-,2-/m.1/s1. The molecule has 2 fully saturated rings. The highest BCUT2D eigenvalue weighted by Gasteiger charge is 2.32. The molecular formula is C24H31ClN4O8. The average Bonchev–Trinajstić information content (AvgIpc) is 3.35. The number of carboxylic acids is 2. The molecule has 0 bridgehead atoms. The number of piperidine rings is 1. The van der Waals surface area contributed by atoms with Crippen molar-refractivity contribution in [3.63, 3.8) is 0 Å². The van der Waals surface area contributed by atoms with Crippen molar-refractivity contribution in [3.05, 3.63) is 22.5 Å². The lowest BCUT2D eigenvalue weighted by atomic mass is 9.88. The quantitative estimate of drug-likeness (QED) is 0.336. The summed E-state index contributed by atoms with van der Waals surface area (Å²) in [4.78, 5) is 22.2. The first-order valence-electron chi connectivity index (χ1n) is 12.3. The van der Waals surface area contributed by atoms with E-state index in [1.54, 1.807) is 6.07 Å². The third kappa shape index (κ3) is 5.98. The number of benzene rings is 1. The van der Waals surface area contributed by atoms with Crippen LogP contribution in [0.1, 0.15) is 55.9 Å². The largest absolute Gasteiger partial charge is 0.492 e. The number of nitrogens with zero attached hydrogens (tertiary/aromatic N) is 3. The van der Waals surface area contributed by atoms with Crippen molar-refractivity contribution in [2.75, 3.05) is 25.4 Å². The molecule has 0 radical (unpaired) electrons. The van der Waals surface area contributed by atoms with Crippen molar-refractivity contribution in [2.45, 2.75) is 69.1 Å². The van der Waals surface area contributed by atoms with Crippen LogP contribution in [0.5, 0.6) is 5.75 Å². The minimum Gasteiger partial charge on any atom is -0.492 e. The number of aliphatic hydroxyl groups is 2. The number of anilines is 1. The second kappa shape index (κ2) is 11.6. The highest BCUT2D eigenvalue weighted by Crippen LogP contribution is 2.43.